The van der Waals surface area contributed by atoms with Crippen molar-refractivity contribution in [1.29, 1.82) is 0 Å². The first-order valence-electron chi connectivity index (χ1n) is 4.74. The van der Waals surface area contributed by atoms with E-state index in [2.05, 4.69) is 0 Å². The lowest BCUT2D eigenvalue weighted by atomic mass is 10.3. The van der Waals surface area contributed by atoms with Gasteiger partial charge in [0.15, 0.2) is 0 Å². The minimum Gasteiger partial charge on any atom is -0.430 e. The summed E-state index contributed by atoms with van der Waals surface area (Å²) in [5, 5.41) is 0.652. The van der Waals surface area contributed by atoms with Crippen molar-refractivity contribution in [2.24, 2.45) is 0 Å². The Hall–Kier alpha value is -1.59. The Labute approximate surface area is 107 Å². The molecule has 0 fully saturated rings. The fourth-order valence-corrected chi connectivity index (χ4v) is 1.65. The molecule has 0 saturated heterocycles. The van der Waals surface area contributed by atoms with E-state index in [1.807, 2.05) is 0 Å². The molecule has 0 aliphatic carbocycles. The second-order valence-corrected chi connectivity index (χ2v) is 4.10. The Bertz CT molecular complexity index is 600. The van der Waals surface area contributed by atoms with E-state index < -0.39 is 5.63 Å². The van der Waals surface area contributed by atoms with Crippen molar-refractivity contribution in [1.82, 2.24) is 4.74 Å². The monoisotopic (exact) mass is 269 g/mol. The highest BCUT2D eigenvalue weighted by Gasteiger charge is 2.09. The first kappa shape index (κ1) is 11.9. The van der Waals surface area contributed by atoms with E-state index in [9.17, 15) is 4.79 Å². The number of hydrogen-bond acceptors (Lipinski definition) is 4. The fraction of sp³-hybridized carbons (Fsp3) is 0.0909. The Morgan fingerprint density at radius 2 is 2.06 bits per heavy atom. The Balaban J connectivity index is 2.20. The topological polar surface area (TPSA) is 44.4 Å². The number of thiocarbonyl (C=S) groups is 1. The molecule has 1 heterocycles. The van der Waals surface area contributed by atoms with Crippen molar-refractivity contribution in [2.75, 3.05) is 0 Å². The van der Waals surface area contributed by atoms with Crippen LogP contribution in [0.2, 0.25) is 5.02 Å². The molecule has 0 N–H and O–H groups in total. The molecule has 2 rings (SSSR count). The smallest absolute Gasteiger partial charge is 0.358 e. The van der Waals surface area contributed by atoms with Crippen LogP contribution in [-0.2, 0) is 0 Å². The van der Waals surface area contributed by atoms with Crippen molar-refractivity contribution in [3.63, 3.8) is 0 Å². The Morgan fingerprint density at radius 3 is 2.59 bits per heavy atom. The Kier molecular flexibility index (Phi) is 3.31. The van der Waals surface area contributed by atoms with Gasteiger partial charge < -0.3 is 9.26 Å². The van der Waals surface area contributed by atoms with Crippen LogP contribution < -0.4 is 10.4 Å². The van der Waals surface area contributed by atoms with Gasteiger partial charge in [0.05, 0.1) is 5.69 Å². The summed E-state index contributed by atoms with van der Waals surface area (Å²) in [5.41, 5.74) is 0.110. The highest BCUT2D eigenvalue weighted by molar-refractivity contribution is 7.80. The van der Waals surface area contributed by atoms with Crippen LogP contribution in [0.1, 0.15) is 5.69 Å². The molecule has 0 unspecified atom stereocenters. The highest BCUT2D eigenvalue weighted by Crippen LogP contribution is 2.16. The van der Waals surface area contributed by atoms with E-state index in [1.54, 1.807) is 31.2 Å². The largest absolute Gasteiger partial charge is 0.430 e. The van der Waals surface area contributed by atoms with Crippen LogP contribution in [0.25, 0.3) is 0 Å². The highest BCUT2D eigenvalue weighted by atomic mass is 35.5. The van der Waals surface area contributed by atoms with Gasteiger partial charge in [-0.3, -0.25) is 0 Å². The van der Waals surface area contributed by atoms with Gasteiger partial charge in [-0.05, 0) is 43.4 Å². The van der Waals surface area contributed by atoms with E-state index in [0.717, 1.165) is 4.74 Å². The van der Waals surface area contributed by atoms with Gasteiger partial charge in [0.25, 0.3) is 0 Å². The molecule has 0 spiro atoms. The number of ether oxygens (including phenoxy) is 1. The number of halogens is 1. The maximum absolute atomic E-state index is 11.0. The molecule has 1 aromatic carbocycles. The molecule has 0 atom stereocenters. The molecule has 0 bridgehead atoms. The van der Waals surface area contributed by atoms with E-state index >= 15 is 0 Å². The minimum absolute atomic E-state index is 0.0481. The van der Waals surface area contributed by atoms with Crippen LogP contribution in [0.4, 0.5) is 0 Å². The van der Waals surface area contributed by atoms with Gasteiger partial charge >= 0.3 is 10.8 Å². The maximum atomic E-state index is 11.0. The van der Waals surface area contributed by atoms with Gasteiger partial charge in [-0.25, -0.2) is 4.79 Å². The van der Waals surface area contributed by atoms with Crippen molar-refractivity contribution in [3.05, 3.63) is 51.5 Å². The summed E-state index contributed by atoms with van der Waals surface area (Å²) in [6, 6.07) is 8.03. The molecule has 0 aliphatic rings. The summed E-state index contributed by atoms with van der Waals surface area (Å²) in [6.07, 6.45) is 0. The lowest BCUT2D eigenvalue weighted by Gasteiger charge is -2.07. The normalized spacial score (nSPS) is 10.2. The lowest BCUT2D eigenvalue weighted by molar-refractivity contribution is 0.309. The number of aryl methyl sites for hydroxylation is 1. The minimum atomic E-state index is -0.468. The molecule has 0 radical (unpaired) electrons. The molecular weight excluding hydrogens is 262 g/mol. The van der Waals surface area contributed by atoms with Crippen LogP contribution in [0.5, 0.6) is 5.75 Å². The summed E-state index contributed by atoms with van der Waals surface area (Å²) in [5.74, 6) is 0.523. The van der Waals surface area contributed by atoms with Crippen molar-refractivity contribution in [3.8, 4) is 5.75 Å². The molecular formula is C11H8ClNO3S. The molecule has 0 saturated carbocycles. The summed E-state index contributed by atoms with van der Waals surface area (Å²) >= 11 is 10.8. The molecule has 6 heteroatoms. The van der Waals surface area contributed by atoms with Gasteiger partial charge in [-0.1, -0.05) is 11.6 Å². The molecule has 4 nitrogen and oxygen atoms in total. The van der Waals surface area contributed by atoms with E-state index in [4.69, 9.17) is 33.1 Å². The second kappa shape index (κ2) is 4.73. The van der Waals surface area contributed by atoms with E-state index in [1.165, 1.54) is 6.07 Å². The summed E-state index contributed by atoms with van der Waals surface area (Å²) in [7, 11) is 0. The number of aromatic nitrogens is 1. The standard InChI is InChI=1S/C11H8ClNO3S/c1-7-6-10(14)16-13(7)11(17)15-9-4-2-8(12)3-5-9/h2-6H,1H3. The quantitative estimate of drug-likeness (QED) is 0.747. The number of hydrogen-bond donors (Lipinski definition) is 0. The zero-order valence-corrected chi connectivity index (χ0v) is 10.4. The number of benzene rings is 1. The average Bonchev–Trinajstić information content (AvgIpc) is 2.61. The van der Waals surface area contributed by atoms with Gasteiger partial charge in [0.1, 0.15) is 5.75 Å². The SMILES string of the molecule is Cc1cc(=O)on1C(=S)Oc1ccc(Cl)cc1. The van der Waals surface area contributed by atoms with Crippen LogP contribution >= 0.6 is 23.8 Å². The predicted octanol–water partition coefficient (Wildman–Crippen LogP) is 2.62. The first-order chi connectivity index (χ1) is 8.06. The average molecular weight is 270 g/mol. The van der Waals surface area contributed by atoms with Gasteiger partial charge in [0.2, 0.25) is 0 Å². The van der Waals surface area contributed by atoms with Crippen molar-refractivity contribution in [2.45, 2.75) is 6.92 Å². The second-order valence-electron chi connectivity index (χ2n) is 3.31. The van der Waals surface area contributed by atoms with Crippen molar-refractivity contribution < 1.29 is 9.26 Å². The fourth-order valence-electron chi connectivity index (χ4n) is 1.24. The summed E-state index contributed by atoms with van der Waals surface area (Å²) in [6.45, 7) is 1.70. The lowest BCUT2D eigenvalue weighted by Crippen LogP contribution is -2.17. The van der Waals surface area contributed by atoms with Crippen molar-refractivity contribution >= 4 is 29.0 Å². The summed E-state index contributed by atoms with van der Waals surface area (Å²) in [4.78, 5) is 11.0. The summed E-state index contributed by atoms with van der Waals surface area (Å²) < 4.78 is 11.4. The zero-order valence-electron chi connectivity index (χ0n) is 8.84. The molecule has 2 aromatic rings. The number of nitrogens with zero attached hydrogens (tertiary/aromatic N) is 1. The van der Waals surface area contributed by atoms with Crippen LogP contribution in [0, 0.1) is 6.92 Å². The van der Waals surface area contributed by atoms with E-state index in [-0.39, 0.29) is 5.17 Å². The zero-order chi connectivity index (χ0) is 12.4. The third kappa shape index (κ3) is 2.75. The third-order valence-corrected chi connectivity index (χ3v) is 2.51. The number of rotatable bonds is 1. The van der Waals surface area contributed by atoms with Crippen LogP contribution in [0.15, 0.2) is 39.6 Å². The van der Waals surface area contributed by atoms with Crippen LogP contribution in [0.3, 0.4) is 0 Å². The third-order valence-electron chi connectivity index (χ3n) is 2.01. The van der Waals surface area contributed by atoms with Gasteiger partial charge in [0, 0.05) is 11.1 Å². The Morgan fingerprint density at radius 1 is 1.41 bits per heavy atom. The molecule has 0 aliphatic heterocycles. The molecule has 0 amide bonds. The van der Waals surface area contributed by atoms with Crippen LogP contribution in [-0.4, -0.2) is 9.91 Å². The van der Waals surface area contributed by atoms with E-state index in [0.29, 0.717) is 16.5 Å². The molecule has 1 aromatic heterocycles. The van der Waals surface area contributed by atoms with Gasteiger partial charge in [-0.15, -0.1) is 4.74 Å². The predicted molar refractivity (Wildman–Crippen MR) is 67.8 cm³/mol. The maximum Gasteiger partial charge on any atom is 0.358 e. The van der Waals surface area contributed by atoms with Gasteiger partial charge in [-0.2, -0.15) is 0 Å². The molecule has 88 valence electrons. The first-order valence-corrected chi connectivity index (χ1v) is 5.52. The molecule has 17 heavy (non-hydrogen) atoms.